The van der Waals surface area contributed by atoms with Crippen LogP contribution in [0.3, 0.4) is 0 Å². The van der Waals surface area contributed by atoms with E-state index in [0.717, 1.165) is 35.1 Å². The summed E-state index contributed by atoms with van der Waals surface area (Å²) in [6.07, 6.45) is 9.95. The number of Topliss-reactive ketones (excluding diaryl/α,β-unsaturated/α-hetero) is 1. The van der Waals surface area contributed by atoms with E-state index >= 15 is 0 Å². The van der Waals surface area contributed by atoms with Gasteiger partial charge in [-0.15, -0.1) is 0 Å². The third-order valence-electron chi connectivity index (χ3n) is 11.4. The first-order valence-corrected chi connectivity index (χ1v) is 15.3. The topological polar surface area (TPSA) is 119 Å². The average Bonchev–Trinajstić information content (AvgIpc) is 3.49. The van der Waals surface area contributed by atoms with E-state index in [1.54, 1.807) is 12.2 Å². The zero-order valence-corrected chi connectivity index (χ0v) is 24.6. The molecule has 43 heavy (non-hydrogen) atoms. The number of carbonyl (C=O) groups excluding carboxylic acids is 2. The Hall–Kier alpha value is -3.36. The van der Waals surface area contributed by atoms with Gasteiger partial charge >= 0.3 is 0 Å². The van der Waals surface area contributed by atoms with Gasteiger partial charge in [0.1, 0.15) is 6.61 Å². The summed E-state index contributed by atoms with van der Waals surface area (Å²) in [6.45, 7) is 3.53. The summed E-state index contributed by atoms with van der Waals surface area (Å²) in [6, 6.07) is 15.5. The minimum Gasteiger partial charge on any atom is -0.399 e. The van der Waals surface area contributed by atoms with Crippen LogP contribution < -0.4 is 5.73 Å². The number of anilines is 1. The molecule has 2 aromatic rings. The number of nitrogens with two attached hydrogens (primary N) is 1. The predicted octanol–water partition coefficient (Wildman–Crippen LogP) is 5.04. The van der Waals surface area contributed by atoms with Gasteiger partial charge in [0.05, 0.1) is 12.2 Å². The van der Waals surface area contributed by atoms with Crippen LogP contribution in [0.1, 0.15) is 62.5 Å². The van der Waals surface area contributed by atoms with Gasteiger partial charge in [0.15, 0.2) is 23.5 Å². The molecule has 0 spiro atoms. The summed E-state index contributed by atoms with van der Waals surface area (Å²) in [5.41, 5.74) is 8.01. The lowest BCUT2D eigenvalue weighted by atomic mass is 9.46. The average molecular weight is 582 g/mol. The highest BCUT2D eigenvalue weighted by Crippen LogP contribution is 2.70. The second-order valence-corrected chi connectivity index (χ2v) is 13.5. The minimum absolute atomic E-state index is 0.00207. The van der Waals surface area contributed by atoms with E-state index < -0.39 is 41.5 Å². The SMILES string of the molecule is C[C@]12C=CC(=O)C=C1CC[C@@H]1[C@@H]2[C@@H](O)C[C@@]2(C)[C@H]1C[C@H]1O[C@@H](c3ccc(/C=C/c4cccc(N)c4)cc3)O[C@]12C(=O)CO. The Balaban J connectivity index is 1.17. The van der Waals surface area contributed by atoms with Crippen molar-refractivity contribution in [3.8, 4) is 0 Å². The standard InChI is InChI=1S/C36H39NO6/c1-34-15-14-26(39)17-24(34)12-13-27-28-18-31-36(30(41)20-38,35(28,2)19-29(40)32(27)34)43-33(42-31)23-10-8-21(9-11-23)6-7-22-4-3-5-25(37)16-22/h3-11,14-17,27-29,31-33,38,40H,12-13,18-20,37H2,1-2H3/b7-6+/t27-,28-,29-,31+,32+,33+,34-,35-,36+/m0/s1. The van der Waals surface area contributed by atoms with Crippen LogP contribution in [0.4, 0.5) is 5.69 Å². The zero-order valence-electron chi connectivity index (χ0n) is 24.6. The molecule has 9 atom stereocenters. The Morgan fingerprint density at radius 1 is 1.12 bits per heavy atom. The number of rotatable bonds is 5. The van der Waals surface area contributed by atoms with Crippen LogP contribution in [0.5, 0.6) is 0 Å². The number of aliphatic hydroxyl groups excluding tert-OH is 2. The fourth-order valence-corrected chi connectivity index (χ4v) is 9.45. The molecular formula is C36H39NO6. The highest BCUT2D eigenvalue weighted by molar-refractivity contribution is 6.01. The lowest BCUT2D eigenvalue weighted by molar-refractivity contribution is -0.201. The molecule has 1 heterocycles. The van der Waals surface area contributed by atoms with Crippen molar-refractivity contribution in [3.63, 3.8) is 0 Å². The predicted molar refractivity (Wildman–Crippen MR) is 163 cm³/mol. The Morgan fingerprint density at radius 3 is 2.63 bits per heavy atom. The molecule has 4 N–H and O–H groups in total. The van der Waals surface area contributed by atoms with E-state index in [1.165, 1.54) is 0 Å². The highest BCUT2D eigenvalue weighted by Gasteiger charge is 2.75. The van der Waals surface area contributed by atoms with Crippen LogP contribution >= 0.6 is 0 Å². The largest absolute Gasteiger partial charge is 0.399 e. The monoisotopic (exact) mass is 581 g/mol. The number of ether oxygens (including phenoxy) is 2. The molecule has 4 fully saturated rings. The number of allylic oxidation sites excluding steroid dienone is 4. The van der Waals surface area contributed by atoms with Gasteiger partial charge in [-0.05, 0) is 72.9 Å². The van der Waals surface area contributed by atoms with Crippen LogP contribution in [0.15, 0.2) is 72.3 Å². The Kier molecular flexibility index (Phi) is 6.67. The van der Waals surface area contributed by atoms with E-state index in [9.17, 15) is 19.8 Å². The minimum atomic E-state index is -1.36. The van der Waals surface area contributed by atoms with Crippen molar-refractivity contribution in [2.75, 3.05) is 12.3 Å². The molecule has 0 bridgehead atoms. The van der Waals surface area contributed by atoms with Crippen LogP contribution in [0.25, 0.3) is 12.2 Å². The lowest BCUT2D eigenvalue weighted by Gasteiger charge is -2.59. The maximum absolute atomic E-state index is 13.7. The van der Waals surface area contributed by atoms with Crippen LogP contribution in [-0.4, -0.2) is 46.2 Å². The fraction of sp³-hybridized carbons (Fsp3) is 0.444. The molecule has 7 heteroatoms. The van der Waals surface area contributed by atoms with Crippen molar-refractivity contribution in [2.24, 2.45) is 28.6 Å². The van der Waals surface area contributed by atoms with Crippen molar-refractivity contribution in [2.45, 2.75) is 63.6 Å². The quantitative estimate of drug-likeness (QED) is 0.334. The third-order valence-corrected chi connectivity index (χ3v) is 11.4. The molecule has 3 saturated carbocycles. The van der Waals surface area contributed by atoms with E-state index in [4.69, 9.17) is 15.2 Å². The molecule has 7 nitrogen and oxygen atoms in total. The number of aliphatic hydroxyl groups is 2. The van der Waals surface area contributed by atoms with E-state index in [2.05, 4.69) is 13.8 Å². The second-order valence-electron chi connectivity index (χ2n) is 13.5. The first-order valence-electron chi connectivity index (χ1n) is 15.3. The summed E-state index contributed by atoms with van der Waals surface area (Å²) in [5, 5.41) is 22.0. The Morgan fingerprint density at radius 2 is 1.88 bits per heavy atom. The van der Waals surface area contributed by atoms with Crippen LogP contribution in [0, 0.1) is 28.6 Å². The number of benzene rings is 2. The second kappa shape index (κ2) is 10.1. The summed E-state index contributed by atoms with van der Waals surface area (Å²) in [4.78, 5) is 25.9. The molecule has 0 aromatic heterocycles. The van der Waals surface area contributed by atoms with Crippen molar-refractivity contribution in [3.05, 3.63) is 89.0 Å². The highest BCUT2D eigenvalue weighted by atomic mass is 16.7. The van der Waals surface area contributed by atoms with Gasteiger partial charge in [0.25, 0.3) is 0 Å². The first-order chi connectivity index (χ1) is 20.6. The molecule has 1 aliphatic heterocycles. The van der Waals surface area contributed by atoms with Gasteiger partial charge in [-0.25, -0.2) is 0 Å². The zero-order chi connectivity index (χ0) is 30.1. The molecule has 0 amide bonds. The van der Waals surface area contributed by atoms with Crippen molar-refractivity contribution in [1.82, 2.24) is 0 Å². The maximum atomic E-state index is 13.7. The lowest BCUT2D eigenvalue weighted by Crippen LogP contribution is -2.63. The Bertz CT molecular complexity index is 1560. The van der Waals surface area contributed by atoms with E-state index in [-0.39, 0.29) is 29.3 Å². The maximum Gasteiger partial charge on any atom is 0.193 e. The molecule has 1 saturated heterocycles. The fourth-order valence-electron chi connectivity index (χ4n) is 9.45. The van der Waals surface area contributed by atoms with Gasteiger partial charge in [-0.3, -0.25) is 9.59 Å². The van der Waals surface area contributed by atoms with E-state index in [1.807, 2.05) is 66.8 Å². The van der Waals surface area contributed by atoms with Crippen molar-refractivity contribution < 1.29 is 29.3 Å². The third kappa shape index (κ3) is 4.16. The van der Waals surface area contributed by atoms with Gasteiger partial charge in [0, 0.05) is 28.0 Å². The molecule has 7 rings (SSSR count). The van der Waals surface area contributed by atoms with Crippen LogP contribution in [0.2, 0.25) is 0 Å². The number of hydrogen-bond donors (Lipinski definition) is 3. The number of hydrogen-bond acceptors (Lipinski definition) is 7. The molecule has 5 aliphatic rings. The van der Waals surface area contributed by atoms with Gasteiger partial charge in [0.2, 0.25) is 0 Å². The Labute approximate surface area is 252 Å². The van der Waals surface area contributed by atoms with E-state index in [0.29, 0.717) is 18.5 Å². The smallest absolute Gasteiger partial charge is 0.193 e. The summed E-state index contributed by atoms with van der Waals surface area (Å²) in [7, 11) is 0. The molecule has 0 unspecified atom stereocenters. The molecule has 0 radical (unpaired) electrons. The molecule has 224 valence electrons. The van der Waals surface area contributed by atoms with Crippen molar-refractivity contribution >= 4 is 29.4 Å². The van der Waals surface area contributed by atoms with Crippen LogP contribution in [-0.2, 0) is 19.1 Å². The molecular weight excluding hydrogens is 542 g/mol. The number of carbonyl (C=O) groups is 2. The summed E-state index contributed by atoms with van der Waals surface area (Å²) >= 11 is 0. The summed E-state index contributed by atoms with van der Waals surface area (Å²) < 4.78 is 13.3. The van der Waals surface area contributed by atoms with Gasteiger partial charge in [-0.2, -0.15) is 0 Å². The number of nitrogen functional groups attached to an aromatic ring is 1. The molecule has 2 aromatic carbocycles. The van der Waals surface area contributed by atoms with Crippen molar-refractivity contribution in [1.29, 1.82) is 0 Å². The van der Waals surface area contributed by atoms with Gasteiger partial charge < -0.3 is 25.4 Å². The van der Waals surface area contributed by atoms with Gasteiger partial charge in [-0.1, -0.05) is 74.0 Å². The number of ketones is 2. The normalized spacial score (nSPS) is 39.6. The molecule has 4 aliphatic carbocycles. The number of fused-ring (bicyclic) bond motifs is 7. The summed E-state index contributed by atoms with van der Waals surface area (Å²) in [5.74, 6) is -0.269. The first kappa shape index (κ1) is 28.4.